The maximum atomic E-state index is 9.45. The van der Waals surface area contributed by atoms with Crippen LogP contribution in [0.1, 0.15) is 11.4 Å². The van der Waals surface area contributed by atoms with E-state index in [9.17, 15) is 5.11 Å². The first-order valence-corrected chi connectivity index (χ1v) is 8.86. The smallest absolute Gasteiger partial charge is 0.227 e. The summed E-state index contributed by atoms with van der Waals surface area (Å²) in [5, 5.41) is 21.6. The summed E-state index contributed by atoms with van der Waals surface area (Å²) in [5.41, 5.74) is 5.03. The second kappa shape index (κ2) is 7.47. The Labute approximate surface area is 162 Å². The van der Waals surface area contributed by atoms with Crippen LogP contribution in [0.2, 0.25) is 0 Å². The van der Waals surface area contributed by atoms with Crippen LogP contribution < -0.4 is 5.32 Å². The quantitative estimate of drug-likeness (QED) is 0.558. The molecule has 0 atom stereocenters. The van der Waals surface area contributed by atoms with Crippen molar-refractivity contribution in [2.75, 3.05) is 11.9 Å². The Morgan fingerprint density at radius 3 is 2.57 bits per heavy atom. The molecule has 0 spiro atoms. The van der Waals surface area contributed by atoms with Crippen LogP contribution >= 0.6 is 0 Å². The van der Waals surface area contributed by atoms with Gasteiger partial charge in [-0.15, -0.1) is 0 Å². The van der Waals surface area contributed by atoms with E-state index in [-0.39, 0.29) is 6.61 Å². The van der Waals surface area contributed by atoms with Gasteiger partial charge in [-0.25, -0.2) is 15.0 Å². The minimum Gasteiger partial charge on any atom is -0.395 e. The van der Waals surface area contributed by atoms with Crippen molar-refractivity contribution in [1.82, 2.24) is 19.5 Å². The molecule has 0 aliphatic rings. The Balaban J connectivity index is 1.86. The van der Waals surface area contributed by atoms with Crippen molar-refractivity contribution in [2.45, 2.75) is 13.5 Å². The summed E-state index contributed by atoms with van der Waals surface area (Å²) in [4.78, 5) is 13.1. The Morgan fingerprint density at radius 2 is 1.89 bits per heavy atom. The van der Waals surface area contributed by atoms with Crippen molar-refractivity contribution in [3.63, 3.8) is 0 Å². The summed E-state index contributed by atoms with van der Waals surface area (Å²) in [5.74, 6) is 1.25. The zero-order valence-corrected chi connectivity index (χ0v) is 15.3. The van der Waals surface area contributed by atoms with Gasteiger partial charge in [0.1, 0.15) is 11.9 Å². The van der Waals surface area contributed by atoms with Crippen molar-refractivity contribution in [1.29, 1.82) is 5.26 Å². The summed E-state index contributed by atoms with van der Waals surface area (Å²) in [6.07, 6.45) is 2.96. The maximum Gasteiger partial charge on any atom is 0.227 e. The van der Waals surface area contributed by atoms with Gasteiger partial charge < -0.3 is 15.0 Å². The van der Waals surface area contributed by atoms with Crippen molar-refractivity contribution in [3.05, 3.63) is 66.2 Å². The van der Waals surface area contributed by atoms with Gasteiger partial charge in [0.25, 0.3) is 0 Å². The Bertz CT molecular complexity index is 1160. The molecule has 0 unspecified atom stereocenters. The molecule has 0 aliphatic heterocycles. The molecule has 2 N–H and O–H groups in total. The predicted octanol–water partition coefficient (Wildman–Crippen LogP) is 3.41. The van der Waals surface area contributed by atoms with Crippen LogP contribution in [-0.2, 0) is 6.54 Å². The first-order valence-electron chi connectivity index (χ1n) is 8.86. The van der Waals surface area contributed by atoms with E-state index < -0.39 is 0 Å². The fraction of sp³-hybridized carbons (Fsp3) is 0.143. The second-order valence-corrected chi connectivity index (χ2v) is 6.32. The number of nitrogens with one attached hydrogen (secondary N) is 1. The number of anilines is 2. The van der Waals surface area contributed by atoms with Crippen LogP contribution in [0.15, 0.2) is 54.9 Å². The minimum atomic E-state index is 0.0311. The highest BCUT2D eigenvalue weighted by Gasteiger charge is 2.14. The highest BCUT2D eigenvalue weighted by Crippen LogP contribution is 2.33. The molecular weight excluding hydrogens is 352 g/mol. The number of nitrogens with zero attached hydrogens (tertiary/aromatic N) is 5. The van der Waals surface area contributed by atoms with Gasteiger partial charge in [0, 0.05) is 17.8 Å². The molecule has 4 rings (SSSR count). The summed E-state index contributed by atoms with van der Waals surface area (Å²) < 4.78 is 1.99. The zero-order valence-electron chi connectivity index (χ0n) is 15.3. The van der Waals surface area contributed by atoms with Crippen molar-refractivity contribution >= 4 is 22.7 Å². The average Bonchev–Trinajstić information content (AvgIpc) is 3.04. The van der Waals surface area contributed by atoms with Gasteiger partial charge in [-0.3, -0.25) is 0 Å². The average molecular weight is 370 g/mol. The largest absolute Gasteiger partial charge is 0.395 e. The molecule has 28 heavy (non-hydrogen) atoms. The number of benzene rings is 2. The second-order valence-electron chi connectivity index (χ2n) is 6.32. The van der Waals surface area contributed by atoms with Crippen molar-refractivity contribution in [3.8, 4) is 17.2 Å². The fourth-order valence-corrected chi connectivity index (χ4v) is 3.21. The molecule has 7 heteroatoms. The van der Waals surface area contributed by atoms with E-state index in [2.05, 4.69) is 15.3 Å². The van der Waals surface area contributed by atoms with Gasteiger partial charge >= 0.3 is 0 Å². The summed E-state index contributed by atoms with van der Waals surface area (Å²) >= 11 is 0. The van der Waals surface area contributed by atoms with E-state index in [4.69, 9.17) is 10.2 Å². The van der Waals surface area contributed by atoms with E-state index in [1.54, 1.807) is 0 Å². The van der Waals surface area contributed by atoms with Crippen LogP contribution in [0.4, 0.5) is 11.6 Å². The summed E-state index contributed by atoms with van der Waals surface area (Å²) in [6.45, 7) is 2.43. The molecule has 0 radical (unpaired) electrons. The molecule has 0 saturated carbocycles. The number of nitriles is 1. The van der Waals surface area contributed by atoms with Gasteiger partial charge in [0.05, 0.1) is 35.6 Å². The van der Waals surface area contributed by atoms with Gasteiger partial charge in [-0.05, 0) is 24.6 Å². The topological polar surface area (TPSA) is 99.7 Å². The number of fused-ring (bicyclic) bond motifs is 1. The van der Waals surface area contributed by atoms with Crippen LogP contribution in [-0.4, -0.2) is 31.2 Å². The van der Waals surface area contributed by atoms with Crippen molar-refractivity contribution < 1.29 is 5.11 Å². The molecule has 0 aliphatic carbocycles. The number of aromatic nitrogens is 4. The molecule has 0 saturated heterocycles. The predicted molar refractivity (Wildman–Crippen MR) is 107 cm³/mol. The zero-order chi connectivity index (χ0) is 19.5. The van der Waals surface area contributed by atoms with E-state index in [0.29, 0.717) is 18.1 Å². The fourth-order valence-electron chi connectivity index (χ4n) is 3.21. The van der Waals surface area contributed by atoms with Gasteiger partial charge in [-0.2, -0.15) is 5.26 Å². The van der Waals surface area contributed by atoms with Gasteiger partial charge in [0.15, 0.2) is 0 Å². The maximum absolute atomic E-state index is 9.45. The van der Waals surface area contributed by atoms with Crippen molar-refractivity contribution in [2.24, 2.45) is 0 Å². The highest BCUT2D eigenvalue weighted by molar-refractivity contribution is 5.96. The molecular formula is C21H18N6O. The molecule has 0 bridgehead atoms. The Kier molecular flexibility index (Phi) is 4.70. The lowest BCUT2D eigenvalue weighted by molar-refractivity contribution is 0.276. The number of rotatable bonds is 5. The molecule has 2 heterocycles. The van der Waals surface area contributed by atoms with E-state index >= 15 is 0 Å². The molecule has 138 valence electrons. The standard InChI is InChI=1S/C21H18N6O/c1-14-25-20-18(16-5-3-2-4-6-16)9-17(10-19(20)27(14)7-8-28)26-21-23-12-15(11-22)13-24-21/h2-6,9-10,12-13,28H,7-8H2,1H3,(H,23,24,26). The Morgan fingerprint density at radius 1 is 1.14 bits per heavy atom. The monoisotopic (exact) mass is 370 g/mol. The van der Waals surface area contributed by atoms with Crippen LogP contribution in [0, 0.1) is 18.3 Å². The minimum absolute atomic E-state index is 0.0311. The van der Waals surface area contributed by atoms with Gasteiger partial charge in [0.2, 0.25) is 5.95 Å². The Hall–Kier alpha value is -3.76. The molecule has 4 aromatic rings. The number of imidazole rings is 1. The van der Waals surface area contributed by atoms with E-state index in [1.807, 2.05) is 60.0 Å². The molecule has 0 fully saturated rings. The lowest BCUT2D eigenvalue weighted by Crippen LogP contribution is -2.04. The molecule has 0 amide bonds. The van der Waals surface area contributed by atoms with Crippen LogP contribution in [0.3, 0.4) is 0 Å². The summed E-state index contributed by atoms with van der Waals surface area (Å²) in [6, 6.07) is 16.0. The molecule has 2 aromatic heterocycles. The third-order valence-electron chi connectivity index (χ3n) is 4.49. The number of hydrogen-bond acceptors (Lipinski definition) is 6. The van der Waals surface area contributed by atoms with Gasteiger partial charge in [-0.1, -0.05) is 30.3 Å². The normalized spacial score (nSPS) is 10.8. The third-order valence-corrected chi connectivity index (χ3v) is 4.49. The van der Waals surface area contributed by atoms with Crippen LogP contribution in [0.5, 0.6) is 0 Å². The molecule has 7 nitrogen and oxygen atoms in total. The van der Waals surface area contributed by atoms with E-state index in [1.165, 1.54) is 12.4 Å². The number of aryl methyl sites for hydroxylation is 1. The SMILES string of the molecule is Cc1nc2c(-c3ccccc3)cc(Nc3ncc(C#N)cn3)cc2n1CCO. The number of aliphatic hydroxyl groups excluding tert-OH is 1. The lowest BCUT2D eigenvalue weighted by Gasteiger charge is -2.11. The number of aliphatic hydroxyl groups is 1. The highest BCUT2D eigenvalue weighted by atomic mass is 16.3. The number of hydrogen-bond donors (Lipinski definition) is 2. The lowest BCUT2D eigenvalue weighted by atomic mass is 10.0. The third kappa shape index (κ3) is 3.29. The first kappa shape index (κ1) is 17.6. The first-order chi connectivity index (χ1) is 13.7. The molecule has 2 aromatic carbocycles. The van der Waals surface area contributed by atoms with Crippen LogP contribution in [0.25, 0.3) is 22.2 Å². The summed E-state index contributed by atoms with van der Waals surface area (Å²) in [7, 11) is 0. The van der Waals surface area contributed by atoms with E-state index in [0.717, 1.165) is 33.7 Å².